The summed E-state index contributed by atoms with van der Waals surface area (Å²) >= 11 is 0. The number of rotatable bonds is 2. The van der Waals surface area contributed by atoms with Gasteiger partial charge in [-0.3, -0.25) is 4.79 Å². The van der Waals surface area contributed by atoms with Crippen LogP contribution in [0.1, 0.15) is 75.9 Å². The molecule has 0 spiro atoms. The number of hydrogen-bond acceptors (Lipinski definition) is 3. The predicted molar refractivity (Wildman–Crippen MR) is 100 cm³/mol. The molecule has 8 heteroatoms. The van der Waals surface area contributed by atoms with Gasteiger partial charge in [-0.15, -0.1) is 0 Å². The Morgan fingerprint density at radius 3 is 2.46 bits per heavy atom. The van der Waals surface area contributed by atoms with Crippen LogP contribution in [0.15, 0.2) is 6.07 Å². The number of fused-ring (bicyclic) bond motifs is 1. The van der Waals surface area contributed by atoms with Gasteiger partial charge in [0.05, 0.1) is 5.69 Å². The van der Waals surface area contributed by atoms with E-state index in [1.165, 1.54) is 6.42 Å². The van der Waals surface area contributed by atoms with Gasteiger partial charge in [0.25, 0.3) is 0 Å². The van der Waals surface area contributed by atoms with Crippen LogP contribution in [0.5, 0.6) is 0 Å². The Bertz CT molecular complexity index is 703. The molecule has 2 aliphatic heterocycles. The van der Waals surface area contributed by atoms with Crippen molar-refractivity contribution < 1.29 is 18.0 Å². The van der Waals surface area contributed by atoms with Gasteiger partial charge < -0.3 is 10.2 Å². The summed E-state index contributed by atoms with van der Waals surface area (Å²) in [6, 6.07) is -0.0309. The van der Waals surface area contributed by atoms with Gasteiger partial charge in [-0.1, -0.05) is 19.3 Å². The first-order chi connectivity index (χ1) is 13.3. The summed E-state index contributed by atoms with van der Waals surface area (Å²) in [6.07, 6.45) is 2.71. The van der Waals surface area contributed by atoms with Crippen LogP contribution < -0.4 is 5.32 Å². The second-order valence-electron chi connectivity index (χ2n) is 8.67. The second kappa shape index (κ2) is 7.59. The van der Waals surface area contributed by atoms with Gasteiger partial charge in [0.2, 0.25) is 5.91 Å². The van der Waals surface area contributed by atoms with Crippen LogP contribution in [-0.2, 0) is 4.79 Å². The fourth-order valence-electron chi connectivity index (χ4n) is 4.98. The number of alkyl halides is 3. The van der Waals surface area contributed by atoms with Crippen molar-refractivity contribution in [3.63, 3.8) is 0 Å². The van der Waals surface area contributed by atoms with E-state index in [4.69, 9.17) is 0 Å². The number of aromatic nitrogens is 2. The molecule has 4 rings (SSSR count). The first-order valence-corrected chi connectivity index (χ1v) is 10.5. The number of nitrogens with one attached hydrogen (secondary N) is 1. The molecule has 3 aliphatic rings. The van der Waals surface area contributed by atoms with Crippen molar-refractivity contribution in [1.82, 2.24) is 14.7 Å². The molecule has 1 saturated heterocycles. The number of hydrogen-bond donors (Lipinski definition) is 1. The molecule has 1 aliphatic carbocycles. The van der Waals surface area contributed by atoms with Crippen molar-refractivity contribution in [1.29, 1.82) is 0 Å². The lowest BCUT2D eigenvalue weighted by Crippen LogP contribution is -2.42. The molecule has 1 amide bonds. The van der Waals surface area contributed by atoms with E-state index < -0.39 is 12.2 Å². The van der Waals surface area contributed by atoms with Gasteiger partial charge in [0.15, 0.2) is 6.04 Å². The maximum absolute atomic E-state index is 13.4. The monoisotopic (exact) mass is 398 g/mol. The highest BCUT2D eigenvalue weighted by Gasteiger charge is 2.46. The summed E-state index contributed by atoms with van der Waals surface area (Å²) in [5.41, 5.74) is 0.718. The molecule has 2 atom stereocenters. The quantitative estimate of drug-likeness (QED) is 0.799. The highest BCUT2D eigenvalue weighted by atomic mass is 19.4. The largest absolute Gasteiger partial charge is 0.410 e. The smallest absolute Gasteiger partial charge is 0.368 e. The minimum absolute atomic E-state index is 0.00798. The molecular weight excluding hydrogens is 369 g/mol. The number of amides is 1. The van der Waals surface area contributed by atoms with Crippen LogP contribution in [0.2, 0.25) is 0 Å². The van der Waals surface area contributed by atoms with Crippen LogP contribution in [0, 0.1) is 5.92 Å². The first-order valence-electron chi connectivity index (χ1n) is 10.5. The van der Waals surface area contributed by atoms with E-state index in [-0.39, 0.29) is 30.2 Å². The molecule has 2 unspecified atom stereocenters. The Labute approximate surface area is 163 Å². The zero-order valence-corrected chi connectivity index (χ0v) is 16.3. The number of nitrogens with zero attached hydrogens (tertiary/aromatic N) is 3. The Morgan fingerprint density at radius 1 is 1.14 bits per heavy atom. The van der Waals surface area contributed by atoms with Crippen LogP contribution in [0.3, 0.4) is 0 Å². The molecule has 1 saturated carbocycles. The Hall–Kier alpha value is -1.73. The molecule has 1 aromatic rings. The van der Waals surface area contributed by atoms with Crippen molar-refractivity contribution in [2.75, 3.05) is 18.4 Å². The molecular formula is C20H29F3N4O. The Morgan fingerprint density at radius 2 is 1.82 bits per heavy atom. The lowest BCUT2D eigenvalue weighted by atomic mass is 9.87. The van der Waals surface area contributed by atoms with E-state index in [1.807, 2.05) is 4.90 Å². The van der Waals surface area contributed by atoms with E-state index in [9.17, 15) is 18.0 Å². The van der Waals surface area contributed by atoms with Crippen molar-refractivity contribution in [2.24, 2.45) is 5.92 Å². The van der Waals surface area contributed by atoms with E-state index in [1.54, 1.807) is 13.0 Å². The Kier molecular flexibility index (Phi) is 5.31. The minimum atomic E-state index is -4.30. The fraction of sp³-hybridized carbons (Fsp3) is 0.800. The Balaban J connectivity index is 1.42. The number of halogens is 3. The van der Waals surface area contributed by atoms with Crippen molar-refractivity contribution >= 4 is 11.7 Å². The molecule has 0 radical (unpaired) electrons. The van der Waals surface area contributed by atoms with Crippen molar-refractivity contribution in [3.05, 3.63) is 11.8 Å². The molecule has 156 valence electrons. The standard InChI is InChI=1S/C20H29F3N4O/c1-13-11-17(20(21,22)23)27-18(24-13)12-16(25-27)14-7-9-26(10-8-14)19(28)15-5-3-2-4-6-15/h12-15,17,24H,2-11H2,1H3. The van der Waals surface area contributed by atoms with Gasteiger partial charge in [0, 0.05) is 37.0 Å². The van der Waals surface area contributed by atoms with Gasteiger partial charge in [-0.2, -0.15) is 18.3 Å². The lowest BCUT2D eigenvalue weighted by Gasteiger charge is -2.34. The zero-order valence-electron chi connectivity index (χ0n) is 16.3. The molecule has 0 aromatic carbocycles. The summed E-state index contributed by atoms with van der Waals surface area (Å²) in [7, 11) is 0. The second-order valence-corrected chi connectivity index (χ2v) is 8.67. The minimum Gasteiger partial charge on any atom is -0.368 e. The van der Waals surface area contributed by atoms with Crippen LogP contribution in [0.4, 0.5) is 19.0 Å². The average molecular weight is 398 g/mol. The van der Waals surface area contributed by atoms with E-state index >= 15 is 0 Å². The molecule has 1 N–H and O–H groups in total. The number of anilines is 1. The molecule has 3 heterocycles. The zero-order chi connectivity index (χ0) is 19.9. The third-order valence-corrected chi connectivity index (χ3v) is 6.58. The number of carbonyl (C=O) groups is 1. The van der Waals surface area contributed by atoms with E-state index in [0.717, 1.165) is 48.9 Å². The summed E-state index contributed by atoms with van der Waals surface area (Å²) in [5.74, 6) is 1.01. The normalized spacial score (nSPS) is 27.4. The SMILES string of the molecule is CC1CC(C(F)(F)F)n2nc(C3CCN(C(=O)C4CCCCC4)CC3)cc2N1. The van der Waals surface area contributed by atoms with E-state index in [2.05, 4.69) is 10.4 Å². The van der Waals surface area contributed by atoms with Crippen LogP contribution in [0.25, 0.3) is 0 Å². The van der Waals surface area contributed by atoms with Gasteiger partial charge in [-0.05, 0) is 39.0 Å². The molecule has 0 bridgehead atoms. The third kappa shape index (κ3) is 3.87. The third-order valence-electron chi connectivity index (χ3n) is 6.58. The maximum atomic E-state index is 13.4. The lowest BCUT2D eigenvalue weighted by molar-refractivity contribution is -0.173. The van der Waals surface area contributed by atoms with Gasteiger partial charge >= 0.3 is 6.18 Å². The number of piperidine rings is 1. The van der Waals surface area contributed by atoms with Crippen LogP contribution >= 0.6 is 0 Å². The van der Waals surface area contributed by atoms with Crippen LogP contribution in [-0.4, -0.2) is 45.9 Å². The predicted octanol–water partition coefficient (Wildman–Crippen LogP) is 4.48. The first kappa shape index (κ1) is 19.6. The molecule has 28 heavy (non-hydrogen) atoms. The number of likely N-dealkylation sites (tertiary alicyclic amines) is 1. The van der Waals surface area contributed by atoms with Gasteiger partial charge in [0.1, 0.15) is 5.82 Å². The molecule has 5 nitrogen and oxygen atoms in total. The van der Waals surface area contributed by atoms with E-state index in [0.29, 0.717) is 18.9 Å². The fourth-order valence-corrected chi connectivity index (χ4v) is 4.98. The van der Waals surface area contributed by atoms with Gasteiger partial charge in [-0.25, -0.2) is 4.68 Å². The maximum Gasteiger partial charge on any atom is 0.410 e. The highest BCUT2D eigenvalue weighted by molar-refractivity contribution is 5.79. The molecule has 1 aromatic heterocycles. The average Bonchev–Trinajstić information content (AvgIpc) is 3.10. The van der Waals surface area contributed by atoms with Crippen molar-refractivity contribution in [3.8, 4) is 0 Å². The topological polar surface area (TPSA) is 50.2 Å². The molecule has 2 fully saturated rings. The highest BCUT2D eigenvalue weighted by Crippen LogP contribution is 2.41. The summed E-state index contributed by atoms with van der Waals surface area (Å²) in [5, 5.41) is 7.47. The van der Waals surface area contributed by atoms with Crippen molar-refractivity contribution in [2.45, 2.75) is 82.5 Å². The summed E-state index contributed by atoms with van der Waals surface area (Å²) in [4.78, 5) is 14.7. The summed E-state index contributed by atoms with van der Waals surface area (Å²) < 4.78 is 41.4. The summed E-state index contributed by atoms with van der Waals surface area (Å²) in [6.45, 7) is 3.12. The number of carbonyl (C=O) groups excluding carboxylic acids is 1.